The summed E-state index contributed by atoms with van der Waals surface area (Å²) in [7, 11) is 0. The van der Waals surface area contributed by atoms with E-state index in [0.717, 1.165) is 44.2 Å². The van der Waals surface area contributed by atoms with Gasteiger partial charge in [-0.2, -0.15) is 5.26 Å². The van der Waals surface area contributed by atoms with Crippen LogP contribution in [-0.2, 0) is 0 Å². The molecule has 222 valence electrons. The van der Waals surface area contributed by atoms with Gasteiger partial charge in [-0.25, -0.2) is 15.0 Å². The molecule has 0 bridgehead atoms. The molecule has 2 heterocycles. The van der Waals surface area contributed by atoms with E-state index in [9.17, 15) is 5.26 Å². The van der Waals surface area contributed by atoms with Gasteiger partial charge in [0.05, 0.1) is 28.4 Å². The topological polar surface area (TPSA) is 67.4 Å². The van der Waals surface area contributed by atoms with Crippen molar-refractivity contribution in [1.29, 1.82) is 5.26 Å². The maximum absolute atomic E-state index is 10.0. The van der Waals surface area contributed by atoms with Crippen LogP contribution in [-0.4, -0.2) is 19.5 Å². The molecule has 0 amide bonds. The average molecular weight is 604 g/mol. The van der Waals surface area contributed by atoms with Crippen molar-refractivity contribution in [2.75, 3.05) is 0 Å². The van der Waals surface area contributed by atoms with Gasteiger partial charge in [0.25, 0.3) is 0 Å². The number of para-hydroxylation sites is 1. The lowest BCUT2D eigenvalue weighted by Crippen LogP contribution is -2.04. The van der Waals surface area contributed by atoms with Gasteiger partial charge in [-0.15, -0.1) is 0 Å². The number of aryl methyl sites for hydroxylation is 2. The number of hydrogen-bond donors (Lipinski definition) is 0. The van der Waals surface area contributed by atoms with Gasteiger partial charge < -0.3 is 4.57 Å². The van der Waals surface area contributed by atoms with Crippen LogP contribution in [0.15, 0.2) is 140 Å². The second-order valence-corrected chi connectivity index (χ2v) is 11.8. The molecule has 0 radical (unpaired) electrons. The largest absolute Gasteiger partial charge is 0.308 e. The zero-order valence-electron chi connectivity index (χ0n) is 26.0. The van der Waals surface area contributed by atoms with Gasteiger partial charge in [0, 0.05) is 27.5 Å². The fourth-order valence-electron chi connectivity index (χ4n) is 6.46. The molecule has 0 unspecified atom stereocenters. The van der Waals surface area contributed by atoms with Crippen LogP contribution in [0.2, 0.25) is 0 Å². The summed E-state index contributed by atoms with van der Waals surface area (Å²) in [6.07, 6.45) is 0. The van der Waals surface area contributed by atoms with Crippen molar-refractivity contribution >= 4 is 21.8 Å². The monoisotopic (exact) mass is 603 g/mol. The highest BCUT2D eigenvalue weighted by molar-refractivity contribution is 6.11. The smallest absolute Gasteiger partial charge is 0.166 e. The molecule has 5 nitrogen and oxygen atoms in total. The fourth-order valence-corrected chi connectivity index (χ4v) is 6.46. The molecule has 2 aromatic heterocycles. The van der Waals surface area contributed by atoms with Crippen LogP contribution in [0.25, 0.3) is 72.8 Å². The third-order valence-corrected chi connectivity index (χ3v) is 8.53. The molecule has 0 fully saturated rings. The average Bonchev–Trinajstić information content (AvgIpc) is 3.45. The van der Waals surface area contributed by atoms with Crippen LogP contribution in [0.4, 0.5) is 0 Å². The van der Waals surface area contributed by atoms with Crippen molar-refractivity contribution in [1.82, 2.24) is 19.5 Å². The van der Waals surface area contributed by atoms with Crippen molar-refractivity contribution < 1.29 is 0 Å². The van der Waals surface area contributed by atoms with Gasteiger partial charge in [0.2, 0.25) is 0 Å². The van der Waals surface area contributed by atoms with E-state index in [1.165, 1.54) is 22.3 Å². The van der Waals surface area contributed by atoms with E-state index >= 15 is 0 Å². The van der Waals surface area contributed by atoms with Gasteiger partial charge in [-0.1, -0.05) is 114 Å². The predicted molar refractivity (Wildman–Crippen MR) is 190 cm³/mol. The second kappa shape index (κ2) is 11.5. The molecule has 0 N–H and O–H groups in total. The Balaban J connectivity index is 1.40. The van der Waals surface area contributed by atoms with E-state index in [0.29, 0.717) is 23.0 Å². The van der Waals surface area contributed by atoms with Crippen molar-refractivity contribution in [3.05, 3.63) is 156 Å². The van der Waals surface area contributed by atoms with Crippen LogP contribution in [0.5, 0.6) is 0 Å². The highest BCUT2D eigenvalue weighted by Crippen LogP contribution is 2.38. The first-order valence-corrected chi connectivity index (χ1v) is 15.6. The number of nitrogens with zero attached hydrogens (tertiary/aromatic N) is 5. The van der Waals surface area contributed by atoms with Crippen LogP contribution in [0, 0.1) is 25.2 Å². The molecule has 0 aliphatic carbocycles. The molecule has 0 spiro atoms. The first kappa shape index (κ1) is 28.1. The molecule has 5 heteroatoms. The summed E-state index contributed by atoms with van der Waals surface area (Å²) in [5.74, 6) is 1.65. The Labute approximate surface area is 273 Å². The number of benzene rings is 6. The molecule has 47 heavy (non-hydrogen) atoms. The van der Waals surface area contributed by atoms with Gasteiger partial charge in [-0.05, 0) is 61.4 Å². The van der Waals surface area contributed by atoms with Crippen LogP contribution < -0.4 is 0 Å². The van der Waals surface area contributed by atoms with Crippen molar-refractivity contribution in [3.63, 3.8) is 0 Å². The molecule has 6 aromatic carbocycles. The Kier molecular flexibility index (Phi) is 6.89. The van der Waals surface area contributed by atoms with Crippen LogP contribution >= 0.6 is 0 Å². The van der Waals surface area contributed by atoms with Crippen molar-refractivity contribution in [2.24, 2.45) is 0 Å². The van der Waals surface area contributed by atoms with E-state index in [1.807, 2.05) is 78.9 Å². The minimum absolute atomic E-state index is 0.502. The summed E-state index contributed by atoms with van der Waals surface area (Å²) in [5.41, 5.74) is 10.9. The van der Waals surface area contributed by atoms with Crippen LogP contribution in [0.1, 0.15) is 16.7 Å². The number of fused-ring (bicyclic) bond motifs is 3. The van der Waals surface area contributed by atoms with E-state index in [-0.39, 0.29) is 0 Å². The zero-order chi connectivity index (χ0) is 31.9. The summed E-state index contributed by atoms with van der Waals surface area (Å²) in [4.78, 5) is 15.0. The Morgan fingerprint density at radius 2 is 1.09 bits per heavy atom. The van der Waals surface area contributed by atoms with E-state index in [2.05, 4.69) is 85.1 Å². The third-order valence-electron chi connectivity index (χ3n) is 8.53. The number of nitriles is 1. The highest BCUT2D eigenvalue weighted by atomic mass is 15.1. The predicted octanol–water partition coefficient (Wildman–Crippen LogP) is 10.1. The molecule has 0 atom stereocenters. The lowest BCUT2D eigenvalue weighted by atomic mass is 9.99. The maximum atomic E-state index is 10.0. The molecule has 8 rings (SSSR count). The Morgan fingerprint density at radius 1 is 0.489 bits per heavy atom. The Morgan fingerprint density at radius 3 is 1.74 bits per heavy atom. The minimum Gasteiger partial charge on any atom is -0.308 e. The van der Waals surface area contributed by atoms with Gasteiger partial charge >= 0.3 is 0 Å². The molecular weight excluding hydrogens is 574 g/mol. The Bertz CT molecular complexity index is 2410. The standard InChI is InChI=1S/C42H29N5/c1-27-21-28(2)23-33(22-27)32-18-20-38-35(25-32)34-15-9-10-16-37(34)47(38)39-19-17-29(26-43)24-36(39)42-45-40(30-11-5-3-6-12-30)44-41(46-42)31-13-7-4-8-14-31/h3-25H,1-2H3. The van der Waals surface area contributed by atoms with Crippen molar-refractivity contribution in [3.8, 4) is 57.0 Å². The third kappa shape index (κ3) is 5.12. The second-order valence-electron chi connectivity index (χ2n) is 11.8. The first-order valence-electron chi connectivity index (χ1n) is 15.6. The number of hydrogen-bond acceptors (Lipinski definition) is 4. The number of aromatic nitrogens is 4. The van der Waals surface area contributed by atoms with Gasteiger partial charge in [-0.3, -0.25) is 0 Å². The van der Waals surface area contributed by atoms with E-state index in [4.69, 9.17) is 15.0 Å². The van der Waals surface area contributed by atoms with Gasteiger partial charge in [0.15, 0.2) is 17.5 Å². The minimum atomic E-state index is 0.502. The summed E-state index contributed by atoms with van der Waals surface area (Å²) in [5, 5.41) is 12.3. The normalized spacial score (nSPS) is 11.2. The summed E-state index contributed by atoms with van der Waals surface area (Å²) >= 11 is 0. The SMILES string of the molecule is Cc1cc(C)cc(-c2ccc3c(c2)c2ccccc2n3-c2ccc(C#N)cc2-c2nc(-c3ccccc3)nc(-c3ccccc3)n2)c1. The lowest BCUT2D eigenvalue weighted by molar-refractivity contribution is 1.06. The van der Waals surface area contributed by atoms with Crippen LogP contribution in [0.3, 0.4) is 0 Å². The van der Waals surface area contributed by atoms with E-state index in [1.54, 1.807) is 0 Å². The van der Waals surface area contributed by atoms with E-state index < -0.39 is 0 Å². The molecule has 0 aliphatic heterocycles. The van der Waals surface area contributed by atoms with Crippen molar-refractivity contribution in [2.45, 2.75) is 13.8 Å². The molecular formula is C42H29N5. The highest BCUT2D eigenvalue weighted by Gasteiger charge is 2.20. The van der Waals surface area contributed by atoms with Gasteiger partial charge in [0.1, 0.15) is 0 Å². The summed E-state index contributed by atoms with van der Waals surface area (Å²) < 4.78 is 2.26. The molecule has 8 aromatic rings. The zero-order valence-corrected chi connectivity index (χ0v) is 26.0. The lowest BCUT2D eigenvalue weighted by Gasteiger charge is -2.15. The fraction of sp³-hybridized carbons (Fsp3) is 0.0476. The first-order chi connectivity index (χ1) is 23.1. The quantitative estimate of drug-likeness (QED) is 0.196. The molecule has 0 saturated heterocycles. The summed E-state index contributed by atoms with van der Waals surface area (Å²) in [6.45, 7) is 4.28. The maximum Gasteiger partial charge on any atom is 0.166 e. The molecule has 0 aliphatic rings. The summed E-state index contributed by atoms with van der Waals surface area (Å²) in [6, 6.07) is 49.8. The Hall–Kier alpha value is -6.38. The number of rotatable bonds is 5. The molecule has 0 saturated carbocycles.